The second kappa shape index (κ2) is 9.67. The third-order valence-corrected chi connectivity index (χ3v) is 6.62. The number of carbonyl (C=O) groups is 1. The van der Waals surface area contributed by atoms with Gasteiger partial charge < -0.3 is 19.5 Å². The first-order valence-corrected chi connectivity index (χ1v) is 11.7. The minimum atomic E-state index is -2.39. The van der Waals surface area contributed by atoms with Crippen LogP contribution < -0.4 is 14.8 Å². The van der Waals surface area contributed by atoms with E-state index in [1.807, 2.05) is 0 Å². The van der Waals surface area contributed by atoms with Gasteiger partial charge in [0.05, 0.1) is 6.04 Å². The van der Waals surface area contributed by atoms with E-state index in [-0.39, 0.29) is 24.5 Å². The molecule has 7 nitrogen and oxygen atoms in total. The van der Waals surface area contributed by atoms with Gasteiger partial charge in [-0.3, -0.25) is 4.79 Å². The van der Waals surface area contributed by atoms with E-state index in [0.29, 0.717) is 41.8 Å². The van der Waals surface area contributed by atoms with Crippen molar-refractivity contribution < 1.29 is 27.8 Å². The predicted molar refractivity (Wildman–Crippen MR) is 116 cm³/mol. The fourth-order valence-electron chi connectivity index (χ4n) is 4.89. The van der Waals surface area contributed by atoms with Crippen LogP contribution in [0.2, 0.25) is 0 Å². The van der Waals surface area contributed by atoms with Crippen molar-refractivity contribution in [1.82, 2.24) is 15.1 Å². The number of hydrogen-bond acceptors (Lipinski definition) is 5. The number of rotatable bonds is 6. The van der Waals surface area contributed by atoms with Crippen LogP contribution in [0.25, 0.3) is 0 Å². The molecule has 0 radical (unpaired) electrons. The molecule has 2 aromatic rings. The fraction of sp³-hybridized carbons (Fsp3) is 0.583. The zero-order chi connectivity index (χ0) is 22.8. The molecule has 3 aliphatic rings. The van der Waals surface area contributed by atoms with Crippen LogP contribution in [0.1, 0.15) is 47.3 Å². The number of amides is 1. The van der Waals surface area contributed by atoms with Crippen LogP contribution in [0.15, 0.2) is 24.3 Å². The van der Waals surface area contributed by atoms with Crippen LogP contribution in [0, 0.1) is 5.92 Å². The van der Waals surface area contributed by atoms with E-state index in [2.05, 4.69) is 10.4 Å². The zero-order valence-corrected chi connectivity index (χ0v) is 18.5. The summed E-state index contributed by atoms with van der Waals surface area (Å²) in [6.07, 6.45) is 2.00. The first-order valence-electron chi connectivity index (χ1n) is 11.7. The highest BCUT2D eigenvalue weighted by molar-refractivity contribution is 5.92. The number of hydrogen-bond donors (Lipinski definition) is 1. The van der Waals surface area contributed by atoms with Gasteiger partial charge in [0.25, 0.3) is 5.91 Å². The third kappa shape index (κ3) is 5.29. The van der Waals surface area contributed by atoms with Gasteiger partial charge in [-0.05, 0) is 48.8 Å². The second-order valence-electron chi connectivity index (χ2n) is 9.13. The van der Waals surface area contributed by atoms with E-state index in [0.717, 1.165) is 51.0 Å². The lowest BCUT2D eigenvalue weighted by Gasteiger charge is -2.29. The molecular formula is C24H29F2N3O4. The molecule has 9 heteroatoms. The minimum Gasteiger partial charge on any atom is -0.491 e. The molecule has 2 atom stereocenters. The highest BCUT2D eigenvalue weighted by Gasteiger charge is 2.28. The zero-order valence-electron chi connectivity index (χ0n) is 18.5. The number of nitrogens with zero attached hydrogens (tertiary/aromatic N) is 2. The molecule has 0 saturated carbocycles. The van der Waals surface area contributed by atoms with Crippen LogP contribution in [0.3, 0.4) is 0 Å². The monoisotopic (exact) mass is 461 g/mol. The number of aromatic nitrogens is 2. The lowest BCUT2D eigenvalue weighted by molar-refractivity contribution is 0.0388. The summed E-state index contributed by atoms with van der Waals surface area (Å²) >= 11 is 0. The van der Waals surface area contributed by atoms with E-state index < -0.39 is 6.43 Å². The van der Waals surface area contributed by atoms with E-state index in [1.54, 1.807) is 28.9 Å². The van der Waals surface area contributed by atoms with Gasteiger partial charge in [-0.2, -0.15) is 5.10 Å². The van der Waals surface area contributed by atoms with E-state index >= 15 is 0 Å². The summed E-state index contributed by atoms with van der Waals surface area (Å²) in [5.74, 6) is 1.64. The number of halogens is 2. The molecule has 5 rings (SSSR count). The summed E-state index contributed by atoms with van der Waals surface area (Å²) < 4.78 is 44.5. The first-order chi connectivity index (χ1) is 16.0. The Morgan fingerprint density at radius 3 is 2.88 bits per heavy atom. The Balaban J connectivity index is 1.18. The van der Waals surface area contributed by atoms with Gasteiger partial charge in [-0.1, -0.05) is 12.1 Å². The van der Waals surface area contributed by atoms with Crippen LogP contribution in [0.5, 0.6) is 11.6 Å². The summed E-state index contributed by atoms with van der Waals surface area (Å²) in [7, 11) is 0. The van der Waals surface area contributed by atoms with Gasteiger partial charge in [0.1, 0.15) is 18.5 Å². The fourth-order valence-corrected chi connectivity index (χ4v) is 4.89. The molecule has 0 spiro atoms. The van der Waals surface area contributed by atoms with Crippen LogP contribution in [-0.2, 0) is 24.1 Å². The van der Waals surface area contributed by atoms with Gasteiger partial charge in [-0.25, -0.2) is 13.5 Å². The third-order valence-electron chi connectivity index (χ3n) is 6.62. The lowest BCUT2D eigenvalue weighted by atomic mass is 9.92. The summed E-state index contributed by atoms with van der Waals surface area (Å²) in [6.45, 7) is 2.69. The average Bonchev–Trinajstić information content (AvgIpc) is 3.23. The summed E-state index contributed by atoms with van der Waals surface area (Å²) in [4.78, 5) is 12.8. The Kier molecular flexibility index (Phi) is 6.48. The second-order valence-corrected chi connectivity index (χ2v) is 9.13. The van der Waals surface area contributed by atoms with Crippen molar-refractivity contribution in [1.29, 1.82) is 0 Å². The lowest BCUT2D eigenvalue weighted by Crippen LogP contribution is -2.43. The number of aryl methyl sites for hydroxylation is 1. The molecule has 1 saturated heterocycles. The van der Waals surface area contributed by atoms with Crippen molar-refractivity contribution in [3.8, 4) is 11.6 Å². The quantitative estimate of drug-likeness (QED) is 0.714. The Labute approximate surface area is 191 Å². The normalized spacial score (nSPS) is 22.8. The van der Waals surface area contributed by atoms with Crippen LogP contribution >= 0.6 is 0 Å². The number of nitrogens with one attached hydrogen (secondary N) is 1. The predicted octanol–water partition coefficient (Wildman–Crippen LogP) is 3.39. The standard InChI is InChI=1S/C24H29F2N3O4/c25-22(26)11-16-1-2-21-17(9-16)12-18(14-32-21)27-24(30)20-13-23-29(28-20)6-3-19(33-23)10-15-4-7-31-8-5-15/h1-2,9,13,15,18-19,22H,3-8,10-12,14H2,(H,27,30). The van der Waals surface area contributed by atoms with Crippen molar-refractivity contribution in [2.24, 2.45) is 5.92 Å². The minimum absolute atomic E-state index is 0.138. The molecule has 0 bridgehead atoms. The van der Waals surface area contributed by atoms with Gasteiger partial charge in [0, 0.05) is 38.7 Å². The highest BCUT2D eigenvalue weighted by Crippen LogP contribution is 2.29. The Bertz CT molecular complexity index is 990. The molecule has 33 heavy (non-hydrogen) atoms. The molecule has 1 amide bonds. The first kappa shape index (κ1) is 22.1. The molecule has 1 N–H and O–H groups in total. The maximum atomic E-state index is 12.8. The number of alkyl halides is 2. The summed E-state index contributed by atoms with van der Waals surface area (Å²) in [6, 6.07) is 6.57. The Morgan fingerprint density at radius 2 is 2.06 bits per heavy atom. The molecule has 4 heterocycles. The van der Waals surface area contributed by atoms with Crippen molar-refractivity contribution in [3.05, 3.63) is 41.1 Å². The smallest absolute Gasteiger partial charge is 0.272 e. The van der Waals surface area contributed by atoms with Crippen LogP contribution in [-0.4, -0.2) is 54.1 Å². The number of carbonyl (C=O) groups excluding carboxylic acids is 1. The number of benzene rings is 1. The Morgan fingerprint density at radius 1 is 1.21 bits per heavy atom. The Hall–Kier alpha value is -2.68. The number of ether oxygens (including phenoxy) is 3. The van der Waals surface area contributed by atoms with Gasteiger partial charge >= 0.3 is 0 Å². The van der Waals surface area contributed by atoms with Crippen molar-refractivity contribution in [2.45, 2.75) is 63.6 Å². The summed E-state index contributed by atoms with van der Waals surface area (Å²) in [5, 5.41) is 7.39. The van der Waals surface area contributed by atoms with E-state index in [4.69, 9.17) is 14.2 Å². The van der Waals surface area contributed by atoms with Crippen LogP contribution in [0.4, 0.5) is 8.78 Å². The molecule has 3 aliphatic heterocycles. The molecule has 1 aromatic heterocycles. The SMILES string of the molecule is O=C(NC1COc2ccc(CC(F)F)cc2C1)c1cc2n(n1)CCC(CC1CCOCC1)O2. The molecule has 0 aliphatic carbocycles. The van der Waals surface area contributed by atoms with Gasteiger partial charge in [-0.15, -0.1) is 0 Å². The van der Waals surface area contributed by atoms with Crippen molar-refractivity contribution >= 4 is 5.91 Å². The molecule has 178 valence electrons. The average molecular weight is 462 g/mol. The number of fused-ring (bicyclic) bond motifs is 2. The van der Waals surface area contributed by atoms with Crippen molar-refractivity contribution in [2.75, 3.05) is 19.8 Å². The maximum Gasteiger partial charge on any atom is 0.272 e. The summed E-state index contributed by atoms with van der Waals surface area (Å²) in [5.41, 5.74) is 1.70. The van der Waals surface area contributed by atoms with Gasteiger partial charge in [0.15, 0.2) is 5.69 Å². The molecule has 1 aromatic carbocycles. The maximum absolute atomic E-state index is 12.8. The van der Waals surface area contributed by atoms with Gasteiger partial charge in [0.2, 0.25) is 12.3 Å². The van der Waals surface area contributed by atoms with Crippen molar-refractivity contribution in [3.63, 3.8) is 0 Å². The molecule has 2 unspecified atom stereocenters. The highest BCUT2D eigenvalue weighted by atomic mass is 19.3. The molecule has 1 fully saturated rings. The van der Waals surface area contributed by atoms with E-state index in [1.165, 1.54) is 0 Å². The van der Waals surface area contributed by atoms with E-state index in [9.17, 15) is 13.6 Å². The largest absolute Gasteiger partial charge is 0.491 e. The molecular weight excluding hydrogens is 432 g/mol. The topological polar surface area (TPSA) is 74.6 Å².